The van der Waals surface area contributed by atoms with Crippen molar-refractivity contribution in [3.8, 4) is 0 Å². The third kappa shape index (κ3) is 9.14. The highest BCUT2D eigenvalue weighted by atomic mass is 19.1. The van der Waals surface area contributed by atoms with Crippen molar-refractivity contribution >= 4 is 0 Å². The van der Waals surface area contributed by atoms with Gasteiger partial charge in [0.1, 0.15) is 6.17 Å². The van der Waals surface area contributed by atoms with Crippen LogP contribution in [0.1, 0.15) is 55.4 Å². The Kier molecular flexibility index (Phi) is 10.2. The van der Waals surface area contributed by atoms with E-state index < -0.39 is 6.17 Å². The Labute approximate surface area is 101 Å². The van der Waals surface area contributed by atoms with Crippen molar-refractivity contribution in [3.05, 3.63) is 0 Å². The van der Waals surface area contributed by atoms with Gasteiger partial charge >= 0.3 is 0 Å². The largest absolute Gasteiger partial charge is 0.393 e. The fourth-order valence-corrected chi connectivity index (χ4v) is 1.54. The van der Waals surface area contributed by atoms with Gasteiger partial charge in [0.25, 0.3) is 0 Å². The summed E-state index contributed by atoms with van der Waals surface area (Å²) < 4.78 is 12.6. The van der Waals surface area contributed by atoms with Crippen LogP contribution in [-0.4, -0.2) is 17.4 Å². The minimum absolute atomic E-state index is 0.130. The van der Waals surface area contributed by atoms with E-state index in [1.165, 1.54) is 0 Å². The van der Waals surface area contributed by atoms with Crippen LogP contribution in [0.25, 0.3) is 0 Å². The number of rotatable bonds is 4. The van der Waals surface area contributed by atoms with E-state index in [0.29, 0.717) is 11.8 Å². The third-order valence-corrected chi connectivity index (χ3v) is 2.64. The summed E-state index contributed by atoms with van der Waals surface area (Å²) in [5.74, 6) is 1.15. The molecule has 0 aliphatic heterocycles. The summed E-state index contributed by atoms with van der Waals surface area (Å²) in [6.07, 6.45) is -0.759. The summed E-state index contributed by atoms with van der Waals surface area (Å²) in [6, 6.07) is 0. The van der Waals surface area contributed by atoms with E-state index in [9.17, 15) is 9.50 Å². The second-order valence-corrected chi connectivity index (χ2v) is 5.91. The number of alkyl halides is 1. The molecule has 1 N–H and O–H groups in total. The molecule has 16 heavy (non-hydrogen) atoms. The zero-order valence-corrected chi connectivity index (χ0v) is 12.3. The van der Waals surface area contributed by atoms with E-state index in [1.807, 2.05) is 55.4 Å². The molecule has 0 saturated carbocycles. The van der Waals surface area contributed by atoms with Crippen molar-refractivity contribution in [3.63, 3.8) is 0 Å². The van der Waals surface area contributed by atoms with Crippen LogP contribution in [0.3, 0.4) is 0 Å². The summed E-state index contributed by atoms with van der Waals surface area (Å²) in [4.78, 5) is 0. The molecule has 0 spiro atoms. The minimum Gasteiger partial charge on any atom is -0.393 e. The van der Waals surface area contributed by atoms with Gasteiger partial charge in [-0.2, -0.15) is 0 Å². The monoisotopic (exact) mass is 234 g/mol. The van der Waals surface area contributed by atoms with Gasteiger partial charge in [-0.15, -0.1) is 0 Å². The molecule has 0 atom stereocenters. The predicted molar refractivity (Wildman–Crippen MR) is 70.3 cm³/mol. The van der Waals surface area contributed by atoms with Gasteiger partial charge in [0.05, 0.1) is 6.10 Å². The van der Waals surface area contributed by atoms with Crippen LogP contribution in [0.15, 0.2) is 0 Å². The molecule has 0 aromatic heterocycles. The molecular formula is C14H31FO. The van der Waals surface area contributed by atoms with E-state index in [-0.39, 0.29) is 17.9 Å². The maximum Gasteiger partial charge on any atom is 0.105 e. The maximum absolute atomic E-state index is 12.6. The van der Waals surface area contributed by atoms with E-state index >= 15 is 0 Å². The van der Waals surface area contributed by atoms with Gasteiger partial charge in [-0.25, -0.2) is 4.39 Å². The van der Waals surface area contributed by atoms with Crippen LogP contribution in [-0.2, 0) is 0 Å². The molecule has 0 aromatic carbocycles. The summed E-state index contributed by atoms with van der Waals surface area (Å²) in [5, 5.41) is 9.20. The lowest BCUT2D eigenvalue weighted by atomic mass is 9.97. The molecule has 0 bridgehead atoms. The van der Waals surface area contributed by atoms with Crippen molar-refractivity contribution in [2.24, 2.45) is 23.7 Å². The van der Waals surface area contributed by atoms with Gasteiger partial charge in [-0.05, 0) is 23.7 Å². The van der Waals surface area contributed by atoms with Gasteiger partial charge in [0, 0.05) is 0 Å². The summed E-state index contributed by atoms with van der Waals surface area (Å²) >= 11 is 0. The molecule has 0 saturated heterocycles. The summed E-state index contributed by atoms with van der Waals surface area (Å²) in [5.41, 5.74) is 0. The topological polar surface area (TPSA) is 20.2 Å². The maximum atomic E-state index is 12.6. The predicted octanol–water partition coefficient (Wildman–Crippen LogP) is 4.30. The Balaban J connectivity index is 0. The average Bonchev–Trinajstić information content (AvgIpc) is 2.15. The number of hydrogen-bond acceptors (Lipinski definition) is 1. The van der Waals surface area contributed by atoms with Gasteiger partial charge in [0.2, 0.25) is 0 Å². The standard InChI is InChI=1S/C7H15F.C7H16O/c2*1-5(2)7(8)6(3)4/h5-7H,1-4H3;5-8H,1-4H3. The molecule has 0 aromatic rings. The lowest BCUT2D eigenvalue weighted by Gasteiger charge is -2.17. The molecule has 0 aliphatic carbocycles. The number of aliphatic hydroxyl groups excluding tert-OH is 1. The molecule has 0 radical (unpaired) electrons. The summed E-state index contributed by atoms with van der Waals surface area (Å²) in [6.45, 7) is 15.8. The first kappa shape index (κ1) is 18.3. The van der Waals surface area contributed by atoms with E-state index in [4.69, 9.17) is 0 Å². The second-order valence-electron chi connectivity index (χ2n) is 5.91. The quantitative estimate of drug-likeness (QED) is 0.769. The van der Waals surface area contributed by atoms with Crippen molar-refractivity contribution < 1.29 is 9.50 Å². The van der Waals surface area contributed by atoms with Crippen LogP contribution in [0, 0.1) is 23.7 Å². The van der Waals surface area contributed by atoms with Crippen molar-refractivity contribution in [2.75, 3.05) is 0 Å². The van der Waals surface area contributed by atoms with Crippen LogP contribution in [0.5, 0.6) is 0 Å². The van der Waals surface area contributed by atoms with Crippen LogP contribution >= 0.6 is 0 Å². The van der Waals surface area contributed by atoms with Crippen LogP contribution < -0.4 is 0 Å². The molecular weight excluding hydrogens is 203 g/mol. The Morgan fingerprint density at radius 2 is 0.875 bits per heavy atom. The number of aliphatic hydroxyl groups is 1. The molecule has 0 rings (SSSR count). The SMILES string of the molecule is CC(C)C(F)C(C)C.CC(C)C(O)C(C)C. The smallest absolute Gasteiger partial charge is 0.105 e. The van der Waals surface area contributed by atoms with E-state index in [0.717, 1.165) is 0 Å². The number of halogens is 1. The van der Waals surface area contributed by atoms with Crippen LogP contribution in [0.2, 0.25) is 0 Å². The van der Waals surface area contributed by atoms with Crippen molar-refractivity contribution in [2.45, 2.75) is 67.7 Å². The van der Waals surface area contributed by atoms with Gasteiger partial charge < -0.3 is 5.11 Å². The Morgan fingerprint density at radius 3 is 0.875 bits per heavy atom. The molecule has 0 amide bonds. The lowest BCUT2D eigenvalue weighted by molar-refractivity contribution is 0.0801. The molecule has 0 fully saturated rings. The van der Waals surface area contributed by atoms with Crippen LogP contribution in [0.4, 0.5) is 4.39 Å². The van der Waals surface area contributed by atoms with Gasteiger partial charge in [-0.1, -0.05) is 55.4 Å². The number of hydrogen-bond donors (Lipinski definition) is 1. The molecule has 0 unspecified atom stereocenters. The molecule has 0 heterocycles. The normalized spacial score (nSPS) is 12.0. The first-order valence-electron chi connectivity index (χ1n) is 6.43. The van der Waals surface area contributed by atoms with Crippen molar-refractivity contribution in [1.29, 1.82) is 0 Å². The summed E-state index contributed by atoms with van der Waals surface area (Å²) in [7, 11) is 0. The van der Waals surface area contributed by atoms with E-state index in [1.54, 1.807) is 0 Å². The first-order chi connectivity index (χ1) is 7.11. The Morgan fingerprint density at radius 1 is 0.625 bits per heavy atom. The highest BCUT2D eigenvalue weighted by molar-refractivity contribution is 4.63. The van der Waals surface area contributed by atoms with Gasteiger partial charge in [0.15, 0.2) is 0 Å². The Bertz CT molecular complexity index is 119. The highest BCUT2D eigenvalue weighted by Crippen LogP contribution is 2.14. The minimum atomic E-state index is -0.630. The average molecular weight is 234 g/mol. The fourth-order valence-electron chi connectivity index (χ4n) is 1.54. The zero-order valence-electron chi connectivity index (χ0n) is 12.3. The highest BCUT2D eigenvalue weighted by Gasteiger charge is 2.14. The molecule has 2 heteroatoms. The first-order valence-corrected chi connectivity index (χ1v) is 6.43. The molecule has 1 nitrogen and oxygen atoms in total. The van der Waals surface area contributed by atoms with E-state index in [2.05, 4.69) is 0 Å². The zero-order chi connectivity index (χ0) is 13.5. The fraction of sp³-hybridized carbons (Fsp3) is 1.00. The molecule has 100 valence electrons. The van der Waals surface area contributed by atoms with Crippen molar-refractivity contribution in [1.82, 2.24) is 0 Å². The Hall–Kier alpha value is -0.110. The lowest BCUT2D eigenvalue weighted by Crippen LogP contribution is -2.20. The van der Waals surface area contributed by atoms with Gasteiger partial charge in [-0.3, -0.25) is 0 Å². The third-order valence-electron chi connectivity index (χ3n) is 2.64. The second kappa shape index (κ2) is 8.98. The molecule has 0 aliphatic rings.